The van der Waals surface area contributed by atoms with Gasteiger partial charge in [-0.1, -0.05) is 19.1 Å². The van der Waals surface area contributed by atoms with E-state index in [9.17, 15) is 9.59 Å². The number of anilines is 1. The Morgan fingerprint density at radius 1 is 1.18 bits per heavy atom. The minimum absolute atomic E-state index is 0.0271. The van der Waals surface area contributed by atoms with E-state index in [1.54, 1.807) is 0 Å². The van der Waals surface area contributed by atoms with Gasteiger partial charge in [-0.2, -0.15) is 0 Å². The molecule has 6 nitrogen and oxygen atoms in total. The van der Waals surface area contributed by atoms with E-state index >= 15 is 0 Å². The van der Waals surface area contributed by atoms with Gasteiger partial charge >= 0.3 is 6.03 Å². The molecule has 6 heteroatoms. The van der Waals surface area contributed by atoms with Gasteiger partial charge in [0.25, 0.3) is 0 Å². The van der Waals surface area contributed by atoms with E-state index in [1.165, 1.54) is 6.92 Å². The monoisotopic (exact) mass is 304 g/mol. The fraction of sp³-hybridized carbons (Fsp3) is 0.500. The van der Waals surface area contributed by atoms with Crippen LogP contribution in [0.3, 0.4) is 0 Å². The van der Waals surface area contributed by atoms with Gasteiger partial charge in [0.1, 0.15) is 0 Å². The molecule has 22 heavy (non-hydrogen) atoms. The van der Waals surface area contributed by atoms with E-state index in [0.29, 0.717) is 6.54 Å². The highest BCUT2D eigenvalue weighted by atomic mass is 16.2. The van der Waals surface area contributed by atoms with Crippen molar-refractivity contribution >= 4 is 17.6 Å². The van der Waals surface area contributed by atoms with Crippen LogP contribution in [0.5, 0.6) is 0 Å². The van der Waals surface area contributed by atoms with Gasteiger partial charge in [0.2, 0.25) is 5.91 Å². The first-order valence-corrected chi connectivity index (χ1v) is 7.70. The molecule has 1 aromatic rings. The number of hydrogen-bond acceptors (Lipinski definition) is 3. The predicted molar refractivity (Wildman–Crippen MR) is 86.7 cm³/mol. The van der Waals surface area contributed by atoms with Crippen molar-refractivity contribution in [2.45, 2.75) is 20.4 Å². The first kappa shape index (κ1) is 16.3. The number of carbonyl (C=O) groups is 2. The fourth-order valence-corrected chi connectivity index (χ4v) is 2.52. The van der Waals surface area contributed by atoms with Crippen molar-refractivity contribution in [1.29, 1.82) is 0 Å². The lowest BCUT2D eigenvalue weighted by Gasteiger charge is -2.34. The van der Waals surface area contributed by atoms with Crippen LogP contribution in [0.15, 0.2) is 24.3 Å². The maximum absolute atomic E-state index is 12.2. The van der Waals surface area contributed by atoms with E-state index in [-0.39, 0.29) is 11.9 Å². The Morgan fingerprint density at radius 2 is 1.91 bits per heavy atom. The van der Waals surface area contributed by atoms with Crippen LogP contribution < -0.4 is 10.6 Å². The van der Waals surface area contributed by atoms with Crippen molar-refractivity contribution in [3.05, 3.63) is 29.8 Å². The van der Waals surface area contributed by atoms with Crippen LogP contribution in [-0.4, -0.2) is 54.5 Å². The Hall–Kier alpha value is -2.08. The number of carbonyl (C=O) groups excluding carboxylic acids is 2. The molecule has 1 fully saturated rings. The summed E-state index contributed by atoms with van der Waals surface area (Å²) in [6.45, 7) is 8.51. The number of likely N-dealkylation sites (N-methyl/N-ethyl adjacent to an activating group) is 1. The molecule has 2 rings (SSSR count). The highest BCUT2D eigenvalue weighted by Gasteiger charge is 2.19. The van der Waals surface area contributed by atoms with Crippen LogP contribution in [0.2, 0.25) is 0 Å². The van der Waals surface area contributed by atoms with Crippen LogP contribution in [0, 0.1) is 0 Å². The average molecular weight is 304 g/mol. The Kier molecular flexibility index (Phi) is 5.77. The highest BCUT2D eigenvalue weighted by Crippen LogP contribution is 2.10. The zero-order valence-corrected chi connectivity index (χ0v) is 13.3. The van der Waals surface area contributed by atoms with Crippen molar-refractivity contribution in [2.24, 2.45) is 0 Å². The molecule has 120 valence electrons. The van der Waals surface area contributed by atoms with Gasteiger partial charge in [-0.15, -0.1) is 0 Å². The summed E-state index contributed by atoms with van der Waals surface area (Å²) in [5, 5.41) is 5.68. The molecule has 1 aromatic carbocycles. The van der Waals surface area contributed by atoms with Crippen LogP contribution in [-0.2, 0) is 11.3 Å². The summed E-state index contributed by atoms with van der Waals surface area (Å²) in [6, 6.07) is 7.47. The van der Waals surface area contributed by atoms with Gasteiger partial charge in [0.15, 0.2) is 0 Å². The second-order valence-corrected chi connectivity index (χ2v) is 5.46. The zero-order valence-electron chi connectivity index (χ0n) is 13.3. The van der Waals surface area contributed by atoms with Crippen LogP contribution in [0.4, 0.5) is 10.5 Å². The summed E-state index contributed by atoms with van der Waals surface area (Å²) in [7, 11) is 0. The standard InChI is InChI=1S/C16H24N4O2/c1-3-19-7-9-20(10-8-19)16(22)17-12-14-5-4-6-15(11-14)18-13(2)21/h4-6,11H,3,7-10,12H2,1-2H3,(H,17,22)(H,18,21). The summed E-state index contributed by atoms with van der Waals surface area (Å²) >= 11 is 0. The summed E-state index contributed by atoms with van der Waals surface area (Å²) in [6.07, 6.45) is 0. The molecule has 3 amide bonds. The second-order valence-electron chi connectivity index (χ2n) is 5.46. The van der Waals surface area contributed by atoms with E-state index in [2.05, 4.69) is 22.5 Å². The minimum atomic E-state index is -0.102. The molecule has 0 bridgehead atoms. The maximum Gasteiger partial charge on any atom is 0.317 e. The van der Waals surface area contributed by atoms with Crippen LogP contribution in [0.1, 0.15) is 19.4 Å². The van der Waals surface area contributed by atoms with E-state index in [0.717, 1.165) is 44.0 Å². The maximum atomic E-state index is 12.2. The quantitative estimate of drug-likeness (QED) is 0.886. The van der Waals surface area contributed by atoms with E-state index < -0.39 is 0 Å². The Morgan fingerprint density at radius 3 is 2.55 bits per heavy atom. The third-order valence-electron chi connectivity index (χ3n) is 3.80. The predicted octanol–water partition coefficient (Wildman–Crippen LogP) is 1.49. The molecule has 0 aromatic heterocycles. The molecular formula is C16H24N4O2. The first-order valence-electron chi connectivity index (χ1n) is 7.70. The van der Waals surface area contributed by atoms with Crippen molar-refractivity contribution in [3.8, 4) is 0 Å². The number of rotatable bonds is 4. The summed E-state index contributed by atoms with van der Waals surface area (Å²) in [5.41, 5.74) is 1.71. The third kappa shape index (κ3) is 4.73. The van der Waals surface area contributed by atoms with Gasteiger partial charge in [0.05, 0.1) is 0 Å². The fourth-order valence-electron chi connectivity index (χ4n) is 2.52. The van der Waals surface area contributed by atoms with Gasteiger partial charge in [-0.3, -0.25) is 4.79 Å². The normalized spacial score (nSPS) is 15.5. The first-order chi connectivity index (χ1) is 10.6. The molecule has 1 saturated heterocycles. The number of nitrogens with zero attached hydrogens (tertiary/aromatic N) is 2. The third-order valence-corrected chi connectivity index (χ3v) is 3.80. The van der Waals surface area contributed by atoms with Crippen molar-refractivity contribution < 1.29 is 9.59 Å². The molecule has 0 saturated carbocycles. The molecular weight excluding hydrogens is 280 g/mol. The molecule has 1 aliphatic rings. The Labute approximate surface area is 131 Å². The summed E-state index contributed by atoms with van der Waals surface area (Å²) in [5.74, 6) is -0.102. The number of amides is 3. The largest absolute Gasteiger partial charge is 0.334 e. The van der Waals surface area contributed by atoms with Gasteiger partial charge in [0, 0.05) is 45.3 Å². The van der Waals surface area contributed by atoms with Gasteiger partial charge in [-0.25, -0.2) is 4.79 Å². The Bertz CT molecular complexity index is 525. The molecule has 0 aliphatic carbocycles. The van der Waals surface area contributed by atoms with Crippen LogP contribution >= 0.6 is 0 Å². The lowest BCUT2D eigenvalue weighted by Crippen LogP contribution is -2.51. The molecule has 1 heterocycles. The molecule has 2 N–H and O–H groups in total. The number of urea groups is 1. The zero-order chi connectivity index (χ0) is 15.9. The molecule has 1 aliphatic heterocycles. The lowest BCUT2D eigenvalue weighted by molar-refractivity contribution is -0.114. The SMILES string of the molecule is CCN1CCN(C(=O)NCc2cccc(NC(C)=O)c2)CC1. The highest BCUT2D eigenvalue weighted by molar-refractivity contribution is 5.88. The average Bonchev–Trinajstić information content (AvgIpc) is 2.52. The number of benzene rings is 1. The molecule has 0 spiro atoms. The molecule has 0 radical (unpaired) electrons. The van der Waals surface area contributed by atoms with Crippen molar-refractivity contribution in [1.82, 2.24) is 15.1 Å². The number of hydrogen-bond donors (Lipinski definition) is 2. The summed E-state index contributed by atoms with van der Waals surface area (Å²) in [4.78, 5) is 27.4. The van der Waals surface area contributed by atoms with Crippen LogP contribution in [0.25, 0.3) is 0 Å². The van der Waals surface area contributed by atoms with Gasteiger partial charge in [-0.05, 0) is 24.2 Å². The van der Waals surface area contributed by atoms with E-state index in [1.807, 2.05) is 29.2 Å². The van der Waals surface area contributed by atoms with Gasteiger partial charge < -0.3 is 20.4 Å². The minimum Gasteiger partial charge on any atom is -0.334 e. The van der Waals surface area contributed by atoms with E-state index in [4.69, 9.17) is 0 Å². The molecule has 0 unspecified atom stereocenters. The summed E-state index contributed by atoms with van der Waals surface area (Å²) < 4.78 is 0. The lowest BCUT2D eigenvalue weighted by atomic mass is 10.2. The topological polar surface area (TPSA) is 64.7 Å². The Balaban J connectivity index is 1.82. The van der Waals surface area contributed by atoms with Crippen molar-refractivity contribution in [2.75, 3.05) is 38.0 Å². The number of nitrogens with one attached hydrogen (secondary N) is 2. The molecule has 0 atom stereocenters. The van der Waals surface area contributed by atoms with Crippen molar-refractivity contribution in [3.63, 3.8) is 0 Å². The smallest absolute Gasteiger partial charge is 0.317 e. The second kappa shape index (κ2) is 7.79. The number of piperazine rings is 1.